The highest BCUT2D eigenvalue weighted by molar-refractivity contribution is 7.08. The predicted molar refractivity (Wildman–Crippen MR) is 72.2 cm³/mol. The summed E-state index contributed by atoms with van der Waals surface area (Å²) in [5, 5.41) is 7.93. The van der Waals surface area contributed by atoms with Crippen LogP contribution in [0.5, 0.6) is 0 Å². The number of para-hydroxylation sites is 1. The van der Waals surface area contributed by atoms with E-state index in [0.717, 1.165) is 16.7 Å². The number of aromatic nitrogens is 2. The summed E-state index contributed by atoms with van der Waals surface area (Å²) in [5.41, 5.74) is 9.44. The Morgan fingerprint density at radius 1 is 1.28 bits per heavy atom. The minimum absolute atomic E-state index is 0.456. The predicted octanol–water partition coefficient (Wildman–Crippen LogP) is 3.36. The van der Waals surface area contributed by atoms with Crippen molar-refractivity contribution < 1.29 is 4.52 Å². The summed E-state index contributed by atoms with van der Waals surface area (Å²) in [6, 6.07) is 7.72. The van der Waals surface area contributed by atoms with Gasteiger partial charge in [0.15, 0.2) is 0 Å². The van der Waals surface area contributed by atoms with Gasteiger partial charge in [0.2, 0.25) is 5.82 Å². The van der Waals surface area contributed by atoms with Crippen LogP contribution in [0.15, 0.2) is 39.5 Å². The van der Waals surface area contributed by atoms with Crippen LogP contribution < -0.4 is 5.73 Å². The minimum atomic E-state index is 0.456. The van der Waals surface area contributed by atoms with Crippen molar-refractivity contribution in [2.24, 2.45) is 0 Å². The lowest BCUT2D eigenvalue weighted by molar-refractivity contribution is 0.432. The van der Waals surface area contributed by atoms with Crippen LogP contribution >= 0.6 is 11.3 Å². The highest BCUT2D eigenvalue weighted by atomic mass is 32.1. The summed E-state index contributed by atoms with van der Waals surface area (Å²) in [6.45, 7) is 1.95. The fraction of sp³-hybridized carbons (Fsp3) is 0.0769. The Morgan fingerprint density at radius 3 is 2.94 bits per heavy atom. The molecule has 4 nitrogen and oxygen atoms in total. The summed E-state index contributed by atoms with van der Waals surface area (Å²) in [6.07, 6.45) is 0. The van der Waals surface area contributed by atoms with Crippen molar-refractivity contribution >= 4 is 17.0 Å². The summed E-state index contributed by atoms with van der Waals surface area (Å²) in [7, 11) is 0. The zero-order valence-electron chi connectivity index (χ0n) is 9.75. The molecule has 3 aromatic rings. The maximum absolute atomic E-state index is 6.02. The molecule has 90 valence electrons. The van der Waals surface area contributed by atoms with Gasteiger partial charge >= 0.3 is 0 Å². The van der Waals surface area contributed by atoms with Crippen LogP contribution in [0.2, 0.25) is 0 Å². The Kier molecular flexibility index (Phi) is 2.60. The zero-order valence-corrected chi connectivity index (χ0v) is 10.6. The van der Waals surface area contributed by atoms with E-state index in [1.165, 1.54) is 0 Å². The molecule has 0 spiro atoms. The van der Waals surface area contributed by atoms with E-state index in [2.05, 4.69) is 10.1 Å². The molecule has 2 aromatic heterocycles. The van der Waals surface area contributed by atoms with E-state index >= 15 is 0 Å². The van der Waals surface area contributed by atoms with Crippen LogP contribution in [0.25, 0.3) is 22.8 Å². The molecule has 0 bridgehead atoms. The lowest BCUT2D eigenvalue weighted by Crippen LogP contribution is -1.93. The Balaban J connectivity index is 2.06. The number of hydrogen-bond acceptors (Lipinski definition) is 5. The normalized spacial score (nSPS) is 10.7. The van der Waals surface area contributed by atoms with Gasteiger partial charge in [-0.1, -0.05) is 17.3 Å². The lowest BCUT2D eigenvalue weighted by atomic mass is 10.1. The largest absolute Gasteiger partial charge is 0.398 e. The molecule has 0 saturated carbocycles. The Bertz CT molecular complexity index is 673. The van der Waals surface area contributed by atoms with Crippen molar-refractivity contribution in [3.63, 3.8) is 0 Å². The first-order chi connectivity index (χ1) is 8.75. The van der Waals surface area contributed by atoms with Crippen LogP contribution in [-0.4, -0.2) is 10.1 Å². The molecule has 0 aliphatic rings. The van der Waals surface area contributed by atoms with E-state index in [1.54, 1.807) is 11.3 Å². The number of aryl methyl sites for hydroxylation is 1. The molecule has 3 rings (SSSR count). The molecule has 5 heteroatoms. The van der Waals surface area contributed by atoms with Gasteiger partial charge in [-0.3, -0.25) is 0 Å². The summed E-state index contributed by atoms with van der Waals surface area (Å²) in [5.74, 6) is 1.05. The standard InChI is InChI=1S/C13H11N3OS/c1-8-3-2-4-10(11(8)14)13-15-12(16-17-13)9-5-6-18-7-9/h2-7H,14H2,1H3. The summed E-state index contributed by atoms with van der Waals surface area (Å²) in [4.78, 5) is 4.37. The van der Waals surface area contributed by atoms with Gasteiger partial charge in [-0.15, -0.1) is 0 Å². The van der Waals surface area contributed by atoms with Crippen LogP contribution in [0.1, 0.15) is 5.56 Å². The van der Waals surface area contributed by atoms with Gasteiger partial charge in [-0.05, 0) is 30.0 Å². The SMILES string of the molecule is Cc1cccc(-c2nc(-c3ccsc3)no2)c1N. The molecular formula is C13H11N3OS. The van der Waals surface area contributed by atoms with Crippen molar-refractivity contribution in [1.82, 2.24) is 10.1 Å². The number of hydrogen-bond donors (Lipinski definition) is 1. The zero-order chi connectivity index (χ0) is 12.5. The second-order valence-corrected chi connectivity index (χ2v) is 4.75. The number of rotatable bonds is 2. The number of thiophene rings is 1. The number of nitrogens with zero attached hydrogens (tertiary/aromatic N) is 2. The monoisotopic (exact) mass is 257 g/mol. The van der Waals surface area contributed by atoms with Gasteiger partial charge < -0.3 is 10.3 Å². The topological polar surface area (TPSA) is 64.9 Å². The van der Waals surface area contributed by atoms with E-state index in [-0.39, 0.29) is 0 Å². The van der Waals surface area contributed by atoms with Crippen LogP contribution in [0.4, 0.5) is 5.69 Å². The molecule has 0 aliphatic carbocycles. The highest BCUT2D eigenvalue weighted by Gasteiger charge is 2.13. The van der Waals surface area contributed by atoms with E-state index in [1.807, 2.05) is 41.9 Å². The quantitative estimate of drug-likeness (QED) is 0.715. The first-order valence-electron chi connectivity index (χ1n) is 5.47. The second-order valence-electron chi connectivity index (χ2n) is 3.97. The van der Waals surface area contributed by atoms with Gasteiger partial charge in [0.1, 0.15) is 0 Å². The van der Waals surface area contributed by atoms with Crippen molar-refractivity contribution in [3.8, 4) is 22.8 Å². The Labute approximate surface area is 108 Å². The average Bonchev–Trinajstić information content (AvgIpc) is 3.01. The van der Waals surface area contributed by atoms with Crippen molar-refractivity contribution in [2.75, 3.05) is 5.73 Å². The fourth-order valence-corrected chi connectivity index (χ4v) is 2.34. The van der Waals surface area contributed by atoms with Crippen molar-refractivity contribution in [3.05, 3.63) is 40.6 Å². The summed E-state index contributed by atoms with van der Waals surface area (Å²) >= 11 is 1.60. The molecule has 2 heterocycles. The lowest BCUT2D eigenvalue weighted by Gasteiger charge is -2.02. The van der Waals surface area contributed by atoms with Crippen LogP contribution in [-0.2, 0) is 0 Å². The van der Waals surface area contributed by atoms with E-state index in [9.17, 15) is 0 Å². The van der Waals surface area contributed by atoms with Crippen LogP contribution in [0, 0.1) is 6.92 Å². The highest BCUT2D eigenvalue weighted by Crippen LogP contribution is 2.29. The second kappa shape index (κ2) is 4.27. The molecule has 0 amide bonds. The van der Waals surface area contributed by atoms with Crippen LogP contribution in [0.3, 0.4) is 0 Å². The number of benzene rings is 1. The Hall–Kier alpha value is -2.14. The van der Waals surface area contributed by atoms with E-state index in [0.29, 0.717) is 17.4 Å². The third-order valence-corrected chi connectivity index (χ3v) is 3.44. The molecule has 0 radical (unpaired) electrons. The third-order valence-electron chi connectivity index (χ3n) is 2.76. The maximum Gasteiger partial charge on any atom is 0.260 e. The van der Waals surface area contributed by atoms with Gasteiger partial charge in [0, 0.05) is 16.6 Å². The van der Waals surface area contributed by atoms with Crippen molar-refractivity contribution in [1.29, 1.82) is 0 Å². The molecule has 1 aromatic carbocycles. The number of nitrogens with two attached hydrogens (primary N) is 1. The first-order valence-corrected chi connectivity index (χ1v) is 6.42. The van der Waals surface area contributed by atoms with Gasteiger partial charge in [-0.2, -0.15) is 16.3 Å². The van der Waals surface area contributed by atoms with Gasteiger partial charge in [0.05, 0.1) is 5.56 Å². The molecule has 0 atom stereocenters. The molecule has 0 saturated heterocycles. The van der Waals surface area contributed by atoms with Crippen molar-refractivity contribution in [2.45, 2.75) is 6.92 Å². The molecular weight excluding hydrogens is 246 g/mol. The number of nitrogen functional groups attached to an aromatic ring is 1. The molecule has 0 fully saturated rings. The van der Waals surface area contributed by atoms with Gasteiger partial charge in [0.25, 0.3) is 5.89 Å². The maximum atomic E-state index is 6.02. The van der Waals surface area contributed by atoms with E-state index < -0.39 is 0 Å². The molecule has 0 unspecified atom stereocenters. The average molecular weight is 257 g/mol. The van der Waals surface area contributed by atoms with Gasteiger partial charge in [-0.25, -0.2) is 0 Å². The molecule has 0 aliphatic heterocycles. The molecule has 2 N–H and O–H groups in total. The van der Waals surface area contributed by atoms with E-state index in [4.69, 9.17) is 10.3 Å². The first kappa shape index (κ1) is 11.0. The fourth-order valence-electron chi connectivity index (χ4n) is 1.71. The number of anilines is 1. The Morgan fingerprint density at radius 2 is 2.17 bits per heavy atom. The minimum Gasteiger partial charge on any atom is -0.398 e. The molecule has 18 heavy (non-hydrogen) atoms. The summed E-state index contributed by atoms with van der Waals surface area (Å²) < 4.78 is 5.27. The smallest absolute Gasteiger partial charge is 0.260 e. The third kappa shape index (κ3) is 1.78.